The van der Waals surface area contributed by atoms with Gasteiger partial charge in [0.2, 0.25) is 0 Å². The lowest BCUT2D eigenvalue weighted by Gasteiger charge is -2.26. The van der Waals surface area contributed by atoms with Crippen molar-refractivity contribution in [3.63, 3.8) is 0 Å². The van der Waals surface area contributed by atoms with E-state index in [-0.39, 0.29) is 5.41 Å². The molecule has 6 nitrogen and oxygen atoms in total. The highest BCUT2D eigenvalue weighted by atomic mass is 79.9. The van der Waals surface area contributed by atoms with Gasteiger partial charge in [0.15, 0.2) is 4.60 Å². The van der Waals surface area contributed by atoms with E-state index in [9.17, 15) is 9.90 Å². The Labute approximate surface area is 131 Å². The first-order chi connectivity index (χ1) is 9.78. The molecular weight excluding hydrogens is 336 g/mol. The van der Waals surface area contributed by atoms with E-state index in [1.807, 2.05) is 26.8 Å². The molecule has 0 saturated heterocycles. The van der Waals surface area contributed by atoms with E-state index < -0.39 is 6.09 Å². The molecular formula is C14H17BrN4O2. The number of anilines is 1. The molecule has 0 unspecified atom stereocenters. The van der Waals surface area contributed by atoms with Crippen molar-refractivity contribution in [2.45, 2.75) is 20.8 Å². The van der Waals surface area contributed by atoms with Crippen molar-refractivity contribution in [2.24, 2.45) is 5.41 Å². The summed E-state index contributed by atoms with van der Waals surface area (Å²) in [6.45, 7) is 6.34. The van der Waals surface area contributed by atoms with Gasteiger partial charge in [-0.2, -0.15) is 5.10 Å². The molecule has 112 valence electrons. The number of carboxylic acid groups (broad SMARTS) is 1. The van der Waals surface area contributed by atoms with Crippen molar-refractivity contribution in [1.29, 1.82) is 0 Å². The Morgan fingerprint density at radius 1 is 1.48 bits per heavy atom. The second kappa shape index (κ2) is 5.85. The van der Waals surface area contributed by atoms with Crippen molar-refractivity contribution >= 4 is 27.7 Å². The molecule has 0 atom stereocenters. The van der Waals surface area contributed by atoms with Gasteiger partial charge in [0.1, 0.15) is 5.69 Å². The van der Waals surface area contributed by atoms with Crippen molar-refractivity contribution in [3.8, 4) is 5.69 Å². The number of rotatable bonds is 3. The maximum absolute atomic E-state index is 11.5. The molecule has 0 saturated carbocycles. The predicted octanol–water partition coefficient (Wildman–Crippen LogP) is 3.56. The van der Waals surface area contributed by atoms with Crippen LogP contribution in [-0.4, -0.2) is 32.5 Å². The number of hydrogen-bond acceptors (Lipinski definition) is 3. The van der Waals surface area contributed by atoms with Crippen LogP contribution < -0.4 is 4.90 Å². The summed E-state index contributed by atoms with van der Waals surface area (Å²) in [6, 6.07) is 3.65. The second-order valence-corrected chi connectivity index (χ2v) is 6.64. The van der Waals surface area contributed by atoms with Crippen LogP contribution >= 0.6 is 15.9 Å². The van der Waals surface area contributed by atoms with Crippen LogP contribution in [0.2, 0.25) is 0 Å². The SMILES string of the molecule is CC(C)(C)CN(C(=O)O)c1cn(-c2cccnc2)nc1Br. The standard InChI is InChI=1S/C14H17BrN4O2/c1-14(2,3)9-18(13(20)21)11-8-19(17-12(11)15)10-5-4-6-16-7-10/h4-8H,9H2,1-3H3,(H,20,21). The minimum atomic E-state index is -1.00. The smallest absolute Gasteiger partial charge is 0.411 e. The first-order valence-electron chi connectivity index (χ1n) is 6.44. The number of aromatic nitrogens is 3. The molecule has 21 heavy (non-hydrogen) atoms. The van der Waals surface area contributed by atoms with Gasteiger partial charge in [-0.1, -0.05) is 20.8 Å². The predicted molar refractivity (Wildman–Crippen MR) is 83.9 cm³/mol. The molecule has 0 aliphatic heterocycles. The molecule has 7 heteroatoms. The molecule has 0 fully saturated rings. The molecule has 0 aliphatic rings. The minimum Gasteiger partial charge on any atom is -0.465 e. The van der Waals surface area contributed by atoms with Gasteiger partial charge in [0.05, 0.1) is 18.1 Å². The van der Waals surface area contributed by atoms with E-state index in [2.05, 4.69) is 26.0 Å². The van der Waals surface area contributed by atoms with E-state index in [4.69, 9.17) is 0 Å². The van der Waals surface area contributed by atoms with Crippen molar-refractivity contribution in [3.05, 3.63) is 35.3 Å². The lowest BCUT2D eigenvalue weighted by Crippen LogP contribution is -2.36. The molecule has 1 amide bonds. The van der Waals surface area contributed by atoms with Crippen LogP contribution in [0.5, 0.6) is 0 Å². The quantitative estimate of drug-likeness (QED) is 0.916. The Hall–Kier alpha value is -1.89. The molecule has 2 heterocycles. The maximum atomic E-state index is 11.5. The third-order valence-electron chi connectivity index (χ3n) is 2.72. The van der Waals surface area contributed by atoms with Gasteiger partial charge in [-0.15, -0.1) is 0 Å². The van der Waals surface area contributed by atoms with Crippen LogP contribution in [0, 0.1) is 5.41 Å². The minimum absolute atomic E-state index is 0.158. The average Bonchev–Trinajstić information content (AvgIpc) is 2.78. The van der Waals surface area contributed by atoms with Gasteiger partial charge in [0.25, 0.3) is 0 Å². The van der Waals surface area contributed by atoms with Crippen LogP contribution in [0.15, 0.2) is 35.3 Å². The number of halogens is 1. The molecule has 2 rings (SSSR count). The normalized spacial score (nSPS) is 11.4. The summed E-state index contributed by atoms with van der Waals surface area (Å²) in [5.41, 5.74) is 1.13. The monoisotopic (exact) mass is 352 g/mol. The van der Waals surface area contributed by atoms with Crippen molar-refractivity contribution in [1.82, 2.24) is 14.8 Å². The Bertz CT molecular complexity index is 634. The summed E-state index contributed by atoms with van der Waals surface area (Å²) in [6.07, 6.45) is 4.02. The number of hydrogen-bond donors (Lipinski definition) is 1. The Morgan fingerprint density at radius 3 is 2.71 bits per heavy atom. The van der Waals surface area contributed by atoms with Crippen LogP contribution in [0.3, 0.4) is 0 Å². The summed E-state index contributed by atoms with van der Waals surface area (Å²) < 4.78 is 2.09. The van der Waals surface area contributed by atoms with Gasteiger partial charge in [0, 0.05) is 12.7 Å². The van der Waals surface area contributed by atoms with Crippen molar-refractivity contribution in [2.75, 3.05) is 11.4 Å². The fourth-order valence-electron chi connectivity index (χ4n) is 1.88. The highest BCUT2D eigenvalue weighted by molar-refractivity contribution is 9.10. The number of carbonyl (C=O) groups is 1. The molecule has 2 aromatic heterocycles. The molecule has 1 N–H and O–H groups in total. The topological polar surface area (TPSA) is 71.2 Å². The van der Waals surface area contributed by atoms with Gasteiger partial charge in [-0.25, -0.2) is 9.48 Å². The zero-order chi connectivity index (χ0) is 15.6. The first-order valence-corrected chi connectivity index (χ1v) is 7.23. The van der Waals surface area contributed by atoms with E-state index in [1.54, 1.807) is 29.3 Å². The van der Waals surface area contributed by atoms with Gasteiger partial charge in [-0.05, 0) is 33.5 Å². The summed E-state index contributed by atoms with van der Waals surface area (Å²) >= 11 is 3.33. The van der Waals surface area contributed by atoms with E-state index in [0.717, 1.165) is 5.69 Å². The lowest BCUT2D eigenvalue weighted by molar-refractivity contribution is 0.198. The van der Waals surface area contributed by atoms with Crippen LogP contribution in [-0.2, 0) is 0 Å². The number of nitrogens with zero attached hydrogens (tertiary/aromatic N) is 4. The zero-order valence-corrected chi connectivity index (χ0v) is 13.7. The fourth-order valence-corrected chi connectivity index (χ4v) is 2.36. The average molecular weight is 353 g/mol. The third kappa shape index (κ3) is 3.81. The summed E-state index contributed by atoms with van der Waals surface area (Å²) in [7, 11) is 0. The van der Waals surface area contributed by atoms with Gasteiger partial charge in [-0.3, -0.25) is 9.88 Å². The Morgan fingerprint density at radius 2 is 2.19 bits per heavy atom. The second-order valence-electron chi connectivity index (χ2n) is 5.89. The lowest BCUT2D eigenvalue weighted by atomic mass is 9.96. The molecule has 0 spiro atoms. The Balaban J connectivity index is 2.39. The zero-order valence-electron chi connectivity index (χ0n) is 12.1. The summed E-state index contributed by atoms with van der Waals surface area (Å²) in [5.74, 6) is 0. The van der Waals surface area contributed by atoms with E-state index in [1.165, 1.54) is 4.90 Å². The largest absolute Gasteiger partial charge is 0.465 e. The van der Waals surface area contributed by atoms with E-state index >= 15 is 0 Å². The summed E-state index contributed by atoms with van der Waals surface area (Å²) in [4.78, 5) is 16.9. The maximum Gasteiger partial charge on any atom is 0.411 e. The van der Waals surface area contributed by atoms with Crippen LogP contribution in [0.4, 0.5) is 10.5 Å². The van der Waals surface area contributed by atoms with Crippen molar-refractivity contribution < 1.29 is 9.90 Å². The number of amides is 1. The highest BCUT2D eigenvalue weighted by Crippen LogP contribution is 2.29. The van der Waals surface area contributed by atoms with Gasteiger partial charge >= 0.3 is 6.09 Å². The van der Waals surface area contributed by atoms with Gasteiger partial charge < -0.3 is 5.11 Å². The molecule has 2 aromatic rings. The number of pyridine rings is 1. The molecule has 0 radical (unpaired) electrons. The van der Waals surface area contributed by atoms with Crippen LogP contribution in [0.1, 0.15) is 20.8 Å². The Kier molecular flexibility index (Phi) is 4.32. The molecule has 0 aliphatic carbocycles. The third-order valence-corrected chi connectivity index (χ3v) is 3.28. The molecule has 0 aromatic carbocycles. The first kappa shape index (κ1) is 15.5. The highest BCUT2D eigenvalue weighted by Gasteiger charge is 2.25. The fraction of sp³-hybridized carbons (Fsp3) is 0.357. The molecule has 0 bridgehead atoms. The van der Waals surface area contributed by atoms with Crippen LogP contribution in [0.25, 0.3) is 5.69 Å². The summed E-state index contributed by atoms with van der Waals surface area (Å²) in [5, 5.41) is 13.8. The van der Waals surface area contributed by atoms with E-state index in [0.29, 0.717) is 16.8 Å².